The summed E-state index contributed by atoms with van der Waals surface area (Å²) in [7, 11) is 0. The lowest BCUT2D eigenvalue weighted by Gasteiger charge is -2.30. The molecule has 2 heteroatoms. The van der Waals surface area contributed by atoms with Crippen LogP contribution in [-0.4, -0.2) is 17.3 Å². The lowest BCUT2D eigenvalue weighted by atomic mass is 9.93. The van der Waals surface area contributed by atoms with Gasteiger partial charge in [-0.05, 0) is 30.9 Å². The van der Waals surface area contributed by atoms with Gasteiger partial charge in [0.2, 0.25) is 0 Å². The number of aliphatic hydroxyl groups is 1. The number of unbranched alkanes of at least 4 members (excludes halogenated alkanes) is 2. The maximum Gasteiger partial charge on any atom is 0.0741 e. The molecule has 0 bridgehead atoms. The highest BCUT2D eigenvalue weighted by molar-refractivity contribution is 5.53. The molecule has 0 saturated carbocycles. The lowest BCUT2D eigenvalue weighted by Crippen LogP contribution is -2.36. The minimum Gasteiger partial charge on any atom is -0.391 e. The fourth-order valence-corrected chi connectivity index (χ4v) is 2.56. The Balaban J connectivity index is 1.88. The molecule has 17 heavy (non-hydrogen) atoms. The largest absolute Gasteiger partial charge is 0.391 e. The van der Waals surface area contributed by atoms with Crippen molar-refractivity contribution >= 4 is 5.69 Å². The van der Waals surface area contributed by atoms with E-state index in [0.717, 1.165) is 25.7 Å². The van der Waals surface area contributed by atoms with E-state index in [9.17, 15) is 5.11 Å². The number of aryl methyl sites for hydroxylation is 1. The van der Waals surface area contributed by atoms with Gasteiger partial charge in [0.15, 0.2) is 0 Å². The van der Waals surface area contributed by atoms with Crippen molar-refractivity contribution in [3.05, 3.63) is 29.8 Å². The van der Waals surface area contributed by atoms with Crippen LogP contribution in [0.1, 0.15) is 44.6 Å². The van der Waals surface area contributed by atoms with Crippen LogP contribution >= 0.6 is 0 Å². The zero-order valence-electron chi connectivity index (χ0n) is 10.7. The van der Waals surface area contributed by atoms with Crippen molar-refractivity contribution in [2.75, 3.05) is 5.32 Å². The number of fused-ring (bicyclic) bond motifs is 1. The van der Waals surface area contributed by atoms with Crippen LogP contribution in [0.25, 0.3) is 0 Å². The van der Waals surface area contributed by atoms with E-state index in [-0.39, 0.29) is 12.1 Å². The Hall–Kier alpha value is -1.02. The molecule has 94 valence electrons. The summed E-state index contributed by atoms with van der Waals surface area (Å²) in [6.07, 6.45) is 6.43. The predicted octanol–water partition coefficient (Wildman–Crippen LogP) is 3.35. The smallest absolute Gasteiger partial charge is 0.0741 e. The fraction of sp³-hybridized carbons (Fsp3) is 0.600. The van der Waals surface area contributed by atoms with Crippen molar-refractivity contribution in [3.8, 4) is 0 Å². The van der Waals surface area contributed by atoms with Crippen LogP contribution in [-0.2, 0) is 6.42 Å². The van der Waals surface area contributed by atoms with E-state index in [1.807, 2.05) is 0 Å². The number of hydrogen-bond acceptors (Lipinski definition) is 2. The molecule has 2 atom stereocenters. The van der Waals surface area contributed by atoms with Gasteiger partial charge in [-0.15, -0.1) is 0 Å². The molecular formula is C15H23NO. The topological polar surface area (TPSA) is 32.3 Å². The molecule has 1 aliphatic rings. The summed E-state index contributed by atoms with van der Waals surface area (Å²) >= 11 is 0. The molecule has 1 heterocycles. The van der Waals surface area contributed by atoms with Crippen molar-refractivity contribution in [2.45, 2.75) is 57.6 Å². The number of aliphatic hydroxyl groups excluding tert-OH is 1. The number of anilines is 1. The number of para-hydroxylation sites is 1. The first-order valence-corrected chi connectivity index (χ1v) is 6.83. The highest BCUT2D eigenvalue weighted by Crippen LogP contribution is 2.26. The summed E-state index contributed by atoms with van der Waals surface area (Å²) in [4.78, 5) is 0. The van der Waals surface area contributed by atoms with Gasteiger partial charge in [0.05, 0.1) is 12.1 Å². The second-order valence-corrected chi connectivity index (χ2v) is 5.01. The Labute approximate surface area is 104 Å². The molecule has 2 nitrogen and oxygen atoms in total. The van der Waals surface area contributed by atoms with E-state index in [4.69, 9.17) is 0 Å². The van der Waals surface area contributed by atoms with Gasteiger partial charge in [-0.25, -0.2) is 0 Å². The quantitative estimate of drug-likeness (QED) is 0.764. The molecule has 0 aromatic heterocycles. The zero-order valence-corrected chi connectivity index (χ0v) is 10.7. The second-order valence-electron chi connectivity index (χ2n) is 5.01. The lowest BCUT2D eigenvalue weighted by molar-refractivity contribution is 0.134. The maximum absolute atomic E-state index is 10.2. The number of hydrogen-bond donors (Lipinski definition) is 2. The van der Waals surface area contributed by atoms with Crippen molar-refractivity contribution < 1.29 is 5.11 Å². The van der Waals surface area contributed by atoms with Crippen LogP contribution in [0.4, 0.5) is 5.69 Å². The van der Waals surface area contributed by atoms with Gasteiger partial charge in [-0.1, -0.05) is 44.4 Å². The summed E-state index contributed by atoms with van der Waals surface area (Å²) in [5, 5.41) is 13.6. The summed E-state index contributed by atoms with van der Waals surface area (Å²) in [6.45, 7) is 2.20. The fourth-order valence-electron chi connectivity index (χ4n) is 2.56. The minimum atomic E-state index is -0.199. The predicted molar refractivity (Wildman–Crippen MR) is 72.3 cm³/mol. The number of rotatable bonds is 5. The second kappa shape index (κ2) is 6.06. The van der Waals surface area contributed by atoms with Crippen LogP contribution in [0.2, 0.25) is 0 Å². The van der Waals surface area contributed by atoms with Gasteiger partial charge in [0.1, 0.15) is 0 Å². The monoisotopic (exact) mass is 233 g/mol. The molecule has 1 aliphatic heterocycles. The van der Waals surface area contributed by atoms with Gasteiger partial charge in [-0.3, -0.25) is 0 Å². The Bertz CT molecular complexity index is 351. The molecule has 2 rings (SSSR count). The van der Waals surface area contributed by atoms with E-state index < -0.39 is 0 Å². The molecule has 0 fully saturated rings. The van der Waals surface area contributed by atoms with Crippen LogP contribution in [0.5, 0.6) is 0 Å². The highest BCUT2D eigenvalue weighted by Gasteiger charge is 2.23. The van der Waals surface area contributed by atoms with Crippen LogP contribution in [0.15, 0.2) is 24.3 Å². The van der Waals surface area contributed by atoms with Crippen LogP contribution in [0.3, 0.4) is 0 Å². The average molecular weight is 233 g/mol. The normalized spacial score (nSPS) is 20.5. The van der Waals surface area contributed by atoms with Crippen molar-refractivity contribution in [1.29, 1.82) is 0 Å². The number of nitrogens with one attached hydrogen (secondary N) is 1. The standard InChI is InChI=1S/C15H23NO/c1-2-3-4-9-15(17)14-11-10-12-7-5-6-8-13(12)16-14/h5-8,14-17H,2-4,9-11H2,1H3. The molecule has 0 aliphatic carbocycles. The molecule has 1 aromatic rings. The third-order valence-electron chi connectivity index (χ3n) is 3.65. The first-order valence-electron chi connectivity index (χ1n) is 6.83. The molecule has 0 saturated heterocycles. The van der Waals surface area contributed by atoms with Gasteiger partial charge in [0.25, 0.3) is 0 Å². The van der Waals surface area contributed by atoms with E-state index in [1.54, 1.807) is 0 Å². The summed E-state index contributed by atoms with van der Waals surface area (Å²) in [6, 6.07) is 8.65. The third-order valence-corrected chi connectivity index (χ3v) is 3.65. The molecule has 2 N–H and O–H groups in total. The van der Waals surface area contributed by atoms with Crippen LogP contribution in [0, 0.1) is 0 Å². The summed E-state index contributed by atoms with van der Waals surface area (Å²) < 4.78 is 0. The van der Waals surface area contributed by atoms with E-state index in [2.05, 4.69) is 36.5 Å². The summed E-state index contributed by atoms with van der Waals surface area (Å²) in [5.41, 5.74) is 2.59. The highest BCUT2D eigenvalue weighted by atomic mass is 16.3. The van der Waals surface area contributed by atoms with E-state index >= 15 is 0 Å². The first-order chi connectivity index (χ1) is 8.31. The van der Waals surface area contributed by atoms with Gasteiger partial charge in [-0.2, -0.15) is 0 Å². The van der Waals surface area contributed by atoms with E-state index in [0.29, 0.717) is 0 Å². The zero-order chi connectivity index (χ0) is 12.1. The first kappa shape index (κ1) is 12.4. The van der Waals surface area contributed by atoms with Crippen molar-refractivity contribution in [3.63, 3.8) is 0 Å². The molecule has 0 radical (unpaired) electrons. The Kier molecular flexibility index (Phi) is 4.43. The Morgan fingerprint density at radius 3 is 3.00 bits per heavy atom. The van der Waals surface area contributed by atoms with Gasteiger partial charge in [0, 0.05) is 5.69 Å². The maximum atomic E-state index is 10.2. The molecular weight excluding hydrogens is 210 g/mol. The minimum absolute atomic E-state index is 0.199. The SMILES string of the molecule is CCCCCC(O)C1CCc2ccccc2N1. The van der Waals surface area contributed by atoms with Crippen LogP contribution < -0.4 is 5.32 Å². The van der Waals surface area contributed by atoms with Gasteiger partial charge < -0.3 is 10.4 Å². The Morgan fingerprint density at radius 1 is 1.35 bits per heavy atom. The molecule has 0 spiro atoms. The van der Waals surface area contributed by atoms with Crippen molar-refractivity contribution in [1.82, 2.24) is 0 Å². The average Bonchev–Trinajstić information content (AvgIpc) is 2.38. The molecule has 0 amide bonds. The van der Waals surface area contributed by atoms with Crippen molar-refractivity contribution in [2.24, 2.45) is 0 Å². The Morgan fingerprint density at radius 2 is 2.18 bits per heavy atom. The number of benzene rings is 1. The van der Waals surface area contributed by atoms with E-state index in [1.165, 1.54) is 24.1 Å². The summed E-state index contributed by atoms with van der Waals surface area (Å²) in [5.74, 6) is 0. The molecule has 2 unspecified atom stereocenters. The van der Waals surface area contributed by atoms with Gasteiger partial charge >= 0.3 is 0 Å². The third kappa shape index (κ3) is 3.22. The molecule has 1 aromatic carbocycles.